The molecule has 0 radical (unpaired) electrons. The highest BCUT2D eigenvalue weighted by atomic mass is 16.5. The minimum Gasteiger partial charge on any atom is -0.481 e. The molecule has 0 amide bonds. The van der Waals surface area contributed by atoms with Gasteiger partial charge in [0.2, 0.25) is 5.88 Å². The summed E-state index contributed by atoms with van der Waals surface area (Å²) in [7, 11) is 1.57. The number of hydrogen-bond donors (Lipinski definition) is 2. The first-order valence-electron chi connectivity index (χ1n) is 9.79. The maximum atomic E-state index is 5.69. The molecule has 1 unspecified atom stereocenters. The van der Waals surface area contributed by atoms with Crippen molar-refractivity contribution in [1.29, 1.82) is 0 Å². The highest BCUT2D eigenvalue weighted by molar-refractivity contribution is 5.71. The fourth-order valence-electron chi connectivity index (χ4n) is 3.92. The van der Waals surface area contributed by atoms with E-state index >= 15 is 0 Å². The van der Waals surface area contributed by atoms with Gasteiger partial charge in [0.15, 0.2) is 5.82 Å². The van der Waals surface area contributed by atoms with E-state index in [4.69, 9.17) is 14.6 Å². The molecule has 146 valence electrons. The zero-order valence-corrected chi connectivity index (χ0v) is 15.9. The van der Waals surface area contributed by atoms with Gasteiger partial charge in [0.1, 0.15) is 12.3 Å². The summed E-state index contributed by atoms with van der Waals surface area (Å²) in [5, 5.41) is 12.0. The Hall–Kier alpha value is -3.03. The predicted octanol–water partition coefficient (Wildman–Crippen LogP) is 2.97. The van der Waals surface area contributed by atoms with Gasteiger partial charge in [-0.15, -0.1) is 0 Å². The van der Waals surface area contributed by atoms with Crippen molar-refractivity contribution in [2.75, 3.05) is 30.8 Å². The van der Waals surface area contributed by atoms with Crippen LogP contribution < -0.4 is 20.1 Å². The lowest BCUT2D eigenvalue weighted by atomic mass is 9.76. The van der Waals surface area contributed by atoms with Gasteiger partial charge in [-0.25, -0.2) is 9.50 Å². The maximum Gasteiger partial charge on any atom is 0.320 e. The minimum absolute atomic E-state index is 0.276. The molecule has 1 fully saturated rings. The number of nitrogens with one attached hydrogen (secondary N) is 2. The standard InChI is InChI=1S/C20H24N6O2/c1-27-18-7-8-21-20(24-18)28-12-15-9-16-5-6-17-19(26(16)25-15)23-11-14(10-22-17)13-3-2-4-13/h5-9,13-14,22-23H,2-4,10-12H2,1H3. The van der Waals surface area contributed by atoms with Crippen LogP contribution in [0.3, 0.4) is 0 Å². The number of aromatic nitrogens is 4. The van der Waals surface area contributed by atoms with Gasteiger partial charge >= 0.3 is 6.01 Å². The van der Waals surface area contributed by atoms with Gasteiger partial charge in [-0.1, -0.05) is 19.3 Å². The summed E-state index contributed by atoms with van der Waals surface area (Å²) in [5.74, 6) is 3.00. The monoisotopic (exact) mass is 380 g/mol. The zero-order chi connectivity index (χ0) is 18.9. The van der Waals surface area contributed by atoms with E-state index in [1.54, 1.807) is 19.4 Å². The summed E-state index contributed by atoms with van der Waals surface area (Å²) >= 11 is 0. The molecule has 0 saturated heterocycles. The largest absolute Gasteiger partial charge is 0.481 e. The van der Waals surface area contributed by atoms with E-state index in [1.165, 1.54) is 19.3 Å². The van der Waals surface area contributed by atoms with Crippen LogP contribution in [0.2, 0.25) is 0 Å². The van der Waals surface area contributed by atoms with Crippen LogP contribution in [-0.4, -0.2) is 39.8 Å². The van der Waals surface area contributed by atoms with Crippen LogP contribution in [0, 0.1) is 11.8 Å². The maximum absolute atomic E-state index is 5.69. The van der Waals surface area contributed by atoms with Crippen molar-refractivity contribution < 1.29 is 9.47 Å². The lowest BCUT2D eigenvalue weighted by Crippen LogP contribution is -2.31. The topological polar surface area (TPSA) is 85.6 Å². The smallest absolute Gasteiger partial charge is 0.320 e. The molecule has 0 aromatic carbocycles. The van der Waals surface area contributed by atoms with E-state index in [-0.39, 0.29) is 6.01 Å². The molecular formula is C20H24N6O2. The third-order valence-electron chi connectivity index (χ3n) is 5.74. The van der Waals surface area contributed by atoms with E-state index in [9.17, 15) is 0 Å². The SMILES string of the molecule is COc1ccnc(OCc2cc3ccc4c(n3n2)NCC(C2CCC2)CN4)n1. The zero-order valence-electron chi connectivity index (χ0n) is 15.9. The summed E-state index contributed by atoms with van der Waals surface area (Å²) in [6.07, 6.45) is 5.70. The predicted molar refractivity (Wildman–Crippen MR) is 106 cm³/mol. The van der Waals surface area contributed by atoms with Crippen molar-refractivity contribution in [3.05, 3.63) is 36.2 Å². The van der Waals surface area contributed by atoms with Crippen LogP contribution in [0.1, 0.15) is 25.0 Å². The summed E-state index contributed by atoms with van der Waals surface area (Å²) in [4.78, 5) is 8.28. The lowest BCUT2D eigenvalue weighted by molar-refractivity contribution is 0.224. The molecule has 1 saturated carbocycles. The second kappa shape index (κ2) is 7.18. The van der Waals surface area contributed by atoms with Gasteiger partial charge in [-0.05, 0) is 30.0 Å². The molecule has 1 aliphatic heterocycles. The van der Waals surface area contributed by atoms with Crippen LogP contribution >= 0.6 is 0 Å². The number of fused-ring (bicyclic) bond motifs is 3. The number of hydrogen-bond acceptors (Lipinski definition) is 7. The number of rotatable bonds is 5. The van der Waals surface area contributed by atoms with Crippen LogP contribution in [0.25, 0.3) is 5.52 Å². The minimum atomic E-state index is 0.276. The van der Waals surface area contributed by atoms with Gasteiger partial charge in [-0.3, -0.25) is 0 Å². The molecule has 2 aliphatic rings. The van der Waals surface area contributed by atoms with E-state index in [1.807, 2.05) is 10.6 Å². The van der Waals surface area contributed by atoms with E-state index in [0.29, 0.717) is 18.4 Å². The molecule has 8 heteroatoms. The second-order valence-electron chi connectivity index (χ2n) is 7.45. The first-order valence-corrected chi connectivity index (χ1v) is 9.79. The summed E-state index contributed by atoms with van der Waals surface area (Å²) in [6, 6.07) is 8.19. The first-order chi connectivity index (χ1) is 13.8. The molecule has 28 heavy (non-hydrogen) atoms. The molecule has 0 spiro atoms. The molecule has 5 rings (SSSR count). The third kappa shape index (κ3) is 3.19. The second-order valence-corrected chi connectivity index (χ2v) is 7.45. The van der Waals surface area contributed by atoms with Gasteiger partial charge in [0.05, 0.1) is 18.3 Å². The number of pyridine rings is 1. The van der Waals surface area contributed by atoms with Crippen molar-refractivity contribution in [1.82, 2.24) is 19.6 Å². The summed E-state index contributed by atoms with van der Waals surface area (Å²) < 4.78 is 12.7. The third-order valence-corrected chi connectivity index (χ3v) is 5.74. The number of ether oxygens (including phenoxy) is 2. The summed E-state index contributed by atoms with van der Waals surface area (Å²) in [5.41, 5.74) is 2.95. The Morgan fingerprint density at radius 2 is 2.04 bits per heavy atom. The average Bonchev–Trinajstić information content (AvgIpc) is 2.99. The first kappa shape index (κ1) is 17.1. The van der Waals surface area contributed by atoms with E-state index < -0.39 is 0 Å². The molecule has 1 aliphatic carbocycles. The quantitative estimate of drug-likeness (QED) is 0.704. The molecule has 0 bridgehead atoms. The van der Waals surface area contributed by atoms with Crippen LogP contribution in [0.15, 0.2) is 30.5 Å². The van der Waals surface area contributed by atoms with Crippen LogP contribution in [-0.2, 0) is 6.61 Å². The molecule has 1 atom stereocenters. The Morgan fingerprint density at radius 3 is 2.86 bits per heavy atom. The Balaban J connectivity index is 1.34. The van der Waals surface area contributed by atoms with Crippen LogP contribution in [0.5, 0.6) is 11.9 Å². The molecule has 3 aromatic rings. The Morgan fingerprint density at radius 1 is 1.14 bits per heavy atom. The molecular weight excluding hydrogens is 356 g/mol. The van der Waals surface area contributed by atoms with Crippen molar-refractivity contribution in [3.63, 3.8) is 0 Å². The van der Waals surface area contributed by atoms with Crippen molar-refractivity contribution in [2.45, 2.75) is 25.9 Å². The van der Waals surface area contributed by atoms with Crippen molar-refractivity contribution in [2.24, 2.45) is 11.8 Å². The van der Waals surface area contributed by atoms with Crippen LogP contribution in [0.4, 0.5) is 11.5 Å². The van der Waals surface area contributed by atoms with Gasteiger partial charge in [0.25, 0.3) is 0 Å². The molecule has 4 heterocycles. The van der Waals surface area contributed by atoms with E-state index in [0.717, 1.165) is 41.7 Å². The highest BCUT2D eigenvalue weighted by Gasteiger charge is 2.29. The number of anilines is 2. The Bertz CT molecular complexity index is 984. The number of nitrogens with zero attached hydrogens (tertiary/aromatic N) is 4. The molecule has 3 aromatic heterocycles. The fourth-order valence-corrected chi connectivity index (χ4v) is 3.92. The Labute approximate surface area is 163 Å². The molecule has 2 N–H and O–H groups in total. The van der Waals surface area contributed by atoms with Gasteiger partial charge < -0.3 is 20.1 Å². The average molecular weight is 380 g/mol. The normalized spacial score (nSPS) is 19.1. The molecule has 8 nitrogen and oxygen atoms in total. The number of methoxy groups -OCH3 is 1. The van der Waals surface area contributed by atoms with Gasteiger partial charge in [0, 0.05) is 25.4 Å². The Kier molecular flexibility index (Phi) is 4.38. The van der Waals surface area contributed by atoms with Crippen molar-refractivity contribution in [3.8, 4) is 11.9 Å². The highest BCUT2D eigenvalue weighted by Crippen LogP contribution is 2.36. The summed E-state index contributed by atoms with van der Waals surface area (Å²) in [6.45, 7) is 2.29. The van der Waals surface area contributed by atoms with Gasteiger partial charge in [-0.2, -0.15) is 10.1 Å². The lowest BCUT2D eigenvalue weighted by Gasteiger charge is -2.33. The fraction of sp³-hybridized carbons (Fsp3) is 0.450. The van der Waals surface area contributed by atoms with E-state index in [2.05, 4.69) is 32.7 Å². The van der Waals surface area contributed by atoms with Crippen molar-refractivity contribution >= 4 is 17.0 Å².